The van der Waals surface area contributed by atoms with Crippen LogP contribution in [0.5, 0.6) is 0 Å². The predicted molar refractivity (Wildman–Crippen MR) is 119 cm³/mol. The maximum absolute atomic E-state index is 11.5. The van der Waals surface area contributed by atoms with E-state index < -0.39 is 8.32 Å². The summed E-state index contributed by atoms with van der Waals surface area (Å²) in [4.78, 5) is 11.5. The molecule has 0 saturated carbocycles. The van der Waals surface area contributed by atoms with E-state index in [1.165, 1.54) is 23.6 Å². The molecule has 0 radical (unpaired) electrons. The van der Waals surface area contributed by atoms with Crippen molar-refractivity contribution in [2.45, 2.75) is 39.2 Å². The predicted octanol–water partition coefficient (Wildman–Crippen LogP) is 4.32. The van der Waals surface area contributed by atoms with Crippen molar-refractivity contribution < 1.29 is 14.0 Å². The number of methoxy groups -OCH3 is 1. The molecule has 28 heavy (non-hydrogen) atoms. The van der Waals surface area contributed by atoms with Gasteiger partial charge in [-0.1, -0.05) is 94.4 Å². The van der Waals surface area contributed by atoms with Crippen molar-refractivity contribution in [2.75, 3.05) is 13.7 Å². The average Bonchev–Trinajstić information content (AvgIpc) is 2.71. The second-order valence-corrected chi connectivity index (χ2v) is 12.3. The summed E-state index contributed by atoms with van der Waals surface area (Å²) in [6, 6.07) is 21.2. The Morgan fingerprint density at radius 1 is 1.00 bits per heavy atom. The Balaban J connectivity index is 2.47. The van der Waals surface area contributed by atoms with Gasteiger partial charge < -0.3 is 9.16 Å². The largest absolute Gasteiger partial charge is 0.466 e. The van der Waals surface area contributed by atoms with E-state index >= 15 is 0 Å². The third kappa shape index (κ3) is 5.00. The SMILES string of the molecule is CC[C@@H](/C=C/C(=O)OC)CO[Si](c1ccccc1)(c1ccccc1)C(C)(C)C. The normalized spacial score (nSPS) is 13.5. The molecule has 0 bridgehead atoms. The van der Waals surface area contributed by atoms with Gasteiger partial charge in [-0.3, -0.25) is 0 Å². The van der Waals surface area contributed by atoms with Crippen LogP contribution in [0.25, 0.3) is 0 Å². The number of hydrogen-bond acceptors (Lipinski definition) is 3. The number of ether oxygens (including phenoxy) is 1. The fraction of sp³-hybridized carbons (Fsp3) is 0.375. The second-order valence-electron chi connectivity index (χ2n) is 8.02. The molecule has 0 aromatic heterocycles. The summed E-state index contributed by atoms with van der Waals surface area (Å²) in [6.07, 6.45) is 4.30. The van der Waals surface area contributed by atoms with Crippen molar-refractivity contribution in [3.63, 3.8) is 0 Å². The first-order valence-corrected chi connectivity index (χ1v) is 11.8. The van der Waals surface area contributed by atoms with Gasteiger partial charge in [-0.2, -0.15) is 0 Å². The highest BCUT2D eigenvalue weighted by Crippen LogP contribution is 2.37. The first-order valence-electron chi connectivity index (χ1n) is 9.86. The molecule has 2 rings (SSSR count). The average molecular weight is 397 g/mol. The minimum absolute atomic E-state index is 0.0555. The Kier molecular flexibility index (Phi) is 7.78. The van der Waals surface area contributed by atoms with Crippen molar-refractivity contribution in [2.24, 2.45) is 5.92 Å². The molecule has 4 heteroatoms. The van der Waals surface area contributed by atoms with Crippen LogP contribution in [0.1, 0.15) is 34.1 Å². The van der Waals surface area contributed by atoms with E-state index in [-0.39, 0.29) is 16.9 Å². The minimum atomic E-state index is -2.54. The lowest BCUT2D eigenvalue weighted by Crippen LogP contribution is -2.66. The van der Waals surface area contributed by atoms with Crippen LogP contribution >= 0.6 is 0 Å². The number of carbonyl (C=O) groups excluding carboxylic acids is 1. The Hall–Kier alpha value is -2.17. The van der Waals surface area contributed by atoms with Crippen LogP contribution in [0.15, 0.2) is 72.8 Å². The molecule has 0 spiro atoms. The van der Waals surface area contributed by atoms with Gasteiger partial charge in [0, 0.05) is 12.7 Å². The molecule has 0 N–H and O–H groups in total. The van der Waals surface area contributed by atoms with E-state index in [4.69, 9.17) is 9.16 Å². The quantitative estimate of drug-likeness (QED) is 0.379. The molecule has 3 nitrogen and oxygen atoms in total. The van der Waals surface area contributed by atoms with Gasteiger partial charge in [0.25, 0.3) is 8.32 Å². The van der Waals surface area contributed by atoms with Gasteiger partial charge in [0.15, 0.2) is 0 Å². The van der Waals surface area contributed by atoms with Gasteiger partial charge >= 0.3 is 5.97 Å². The fourth-order valence-electron chi connectivity index (χ4n) is 3.59. The third-order valence-corrected chi connectivity index (χ3v) is 10.2. The lowest BCUT2D eigenvalue weighted by atomic mass is 10.1. The van der Waals surface area contributed by atoms with Crippen molar-refractivity contribution >= 4 is 24.7 Å². The van der Waals surface area contributed by atoms with Crippen molar-refractivity contribution in [1.82, 2.24) is 0 Å². The number of carbonyl (C=O) groups is 1. The van der Waals surface area contributed by atoms with E-state index in [1.807, 2.05) is 18.2 Å². The summed E-state index contributed by atoms with van der Waals surface area (Å²) >= 11 is 0. The standard InChI is InChI=1S/C24H32O3Si/c1-6-20(17-18-23(25)26-5)19-27-28(24(2,3)4,21-13-9-7-10-14-21)22-15-11-8-12-16-22/h7-18,20H,6,19H2,1-5H3/b18-17+/t20-/m0/s1. The summed E-state index contributed by atoms with van der Waals surface area (Å²) in [5.74, 6) is -0.176. The molecule has 0 amide bonds. The summed E-state index contributed by atoms with van der Waals surface area (Å²) in [6.45, 7) is 9.48. The van der Waals surface area contributed by atoms with Gasteiger partial charge in [0.1, 0.15) is 0 Å². The Labute approximate surface area is 170 Å². The zero-order chi connectivity index (χ0) is 20.6. The Morgan fingerprint density at radius 2 is 1.50 bits per heavy atom. The van der Waals surface area contributed by atoms with Gasteiger partial charge in [0.05, 0.1) is 7.11 Å². The number of benzene rings is 2. The van der Waals surface area contributed by atoms with Crippen LogP contribution in [0.3, 0.4) is 0 Å². The molecule has 0 aliphatic rings. The van der Waals surface area contributed by atoms with Crippen LogP contribution in [-0.2, 0) is 14.0 Å². The summed E-state index contributed by atoms with van der Waals surface area (Å²) < 4.78 is 11.6. The Bertz CT molecular complexity index is 724. The van der Waals surface area contributed by atoms with Crippen LogP contribution in [0.4, 0.5) is 0 Å². The number of rotatable bonds is 8. The van der Waals surface area contributed by atoms with Gasteiger partial charge in [-0.15, -0.1) is 0 Å². The van der Waals surface area contributed by atoms with Crippen LogP contribution in [0.2, 0.25) is 5.04 Å². The lowest BCUT2D eigenvalue weighted by molar-refractivity contribution is -0.134. The monoisotopic (exact) mass is 396 g/mol. The maximum Gasteiger partial charge on any atom is 0.330 e. The van der Waals surface area contributed by atoms with E-state index in [0.29, 0.717) is 6.61 Å². The first-order chi connectivity index (χ1) is 13.3. The highest BCUT2D eigenvalue weighted by Gasteiger charge is 2.50. The number of esters is 1. The smallest absolute Gasteiger partial charge is 0.330 e. The van der Waals surface area contributed by atoms with Crippen LogP contribution in [-0.4, -0.2) is 28.0 Å². The second kappa shape index (κ2) is 9.85. The molecular weight excluding hydrogens is 364 g/mol. The molecule has 0 aliphatic heterocycles. The van der Waals surface area contributed by atoms with Crippen LogP contribution < -0.4 is 10.4 Å². The molecule has 0 fully saturated rings. The molecule has 0 aliphatic carbocycles. The Morgan fingerprint density at radius 3 is 1.89 bits per heavy atom. The zero-order valence-corrected chi connectivity index (χ0v) is 18.6. The molecule has 2 aromatic carbocycles. The lowest BCUT2D eigenvalue weighted by Gasteiger charge is -2.43. The summed E-state index contributed by atoms with van der Waals surface area (Å²) in [5.41, 5.74) is 0. The molecule has 0 saturated heterocycles. The van der Waals surface area contributed by atoms with Crippen molar-refractivity contribution in [3.05, 3.63) is 72.8 Å². The van der Waals surface area contributed by atoms with Gasteiger partial charge in [-0.05, 0) is 27.8 Å². The van der Waals surface area contributed by atoms with Crippen molar-refractivity contribution in [1.29, 1.82) is 0 Å². The third-order valence-electron chi connectivity index (χ3n) is 5.16. The fourth-order valence-corrected chi connectivity index (χ4v) is 8.21. The van der Waals surface area contributed by atoms with E-state index in [2.05, 4.69) is 76.2 Å². The van der Waals surface area contributed by atoms with E-state index in [1.54, 1.807) is 0 Å². The molecule has 0 unspecified atom stereocenters. The summed E-state index contributed by atoms with van der Waals surface area (Å²) in [7, 11) is -1.15. The minimum Gasteiger partial charge on any atom is -0.466 e. The molecule has 150 valence electrons. The van der Waals surface area contributed by atoms with Gasteiger partial charge in [-0.25, -0.2) is 4.79 Å². The maximum atomic E-state index is 11.5. The van der Waals surface area contributed by atoms with Crippen molar-refractivity contribution in [3.8, 4) is 0 Å². The zero-order valence-electron chi connectivity index (χ0n) is 17.6. The number of hydrogen-bond donors (Lipinski definition) is 0. The van der Waals surface area contributed by atoms with E-state index in [9.17, 15) is 4.79 Å². The molecule has 2 aromatic rings. The molecular formula is C24H32O3Si. The van der Waals surface area contributed by atoms with Gasteiger partial charge in [0.2, 0.25) is 0 Å². The topological polar surface area (TPSA) is 35.5 Å². The highest BCUT2D eigenvalue weighted by molar-refractivity contribution is 6.99. The highest BCUT2D eigenvalue weighted by atomic mass is 28.4. The van der Waals surface area contributed by atoms with Crippen LogP contribution in [0, 0.1) is 5.92 Å². The summed E-state index contributed by atoms with van der Waals surface area (Å²) in [5, 5.41) is 2.47. The molecule has 1 atom stereocenters. The first kappa shape index (κ1) is 22.1. The van der Waals surface area contributed by atoms with E-state index in [0.717, 1.165) is 6.42 Å². The molecule has 0 heterocycles.